The van der Waals surface area contributed by atoms with E-state index in [1.165, 1.54) is 5.56 Å². The topological polar surface area (TPSA) is 131 Å². The van der Waals surface area contributed by atoms with Crippen LogP contribution in [0.2, 0.25) is 0 Å². The summed E-state index contributed by atoms with van der Waals surface area (Å²) in [5.41, 5.74) is 3.87. The van der Waals surface area contributed by atoms with Crippen LogP contribution in [0.5, 0.6) is 5.88 Å². The molecule has 222 valence electrons. The number of rotatable bonds is 11. The minimum atomic E-state index is -1.93. The average molecular weight is 563 g/mol. The molecule has 3 heterocycles. The van der Waals surface area contributed by atoms with Crippen molar-refractivity contribution in [2.45, 2.75) is 82.6 Å². The Hall–Kier alpha value is -2.57. The van der Waals surface area contributed by atoms with E-state index in [1.54, 1.807) is 0 Å². The Morgan fingerprint density at radius 1 is 1.12 bits per heavy atom. The molecule has 2 aromatic rings. The molecule has 0 bridgehead atoms. The highest BCUT2D eigenvalue weighted by molar-refractivity contribution is 5.76. The molecule has 1 aromatic heterocycles. The predicted octanol–water partition coefficient (Wildman–Crippen LogP) is 1.77. The lowest BCUT2D eigenvalue weighted by Crippen LogP contribution is -2.58. The number of aromatic nitrogens is 2. The van der Waals surface area contributed by atoms with Gasteiger partial charge in [-0.2, -0.15) is 0 Å². The molecule has 5 unspecified atom stereocenters. The molecule has 4 rings (SSSR count). The van der Waals surface area contributed by atoms with E-state index in [-0.39, 0.29) is 17.7 Å². The minimum absolute atomic E-state index is 0.107. The van der Waals surface area contributed by atoms with Crippen molar-refractivity contribution in [2.24, 2.45) is 0 Å². The van der Waals surface area contributed by atoms with E-state index < -0.39 is 37.4 Å². The summed E-state index contributed by atoms with van der Waals surface area (Å²) < 4.78 is 25.4. The van der Waals surface area contributed by atoms with Crippen LogP contribution in [0, 0.1) is 0 Å². The number of benzene rings is 1. The van der Waals surface area contributed by atoms with E-state index >= 15 is 0 Å². The van der Waals surface area contributed by atoms with Crippen molar-refractivity contribution in [3.63, 3.8) is 0 Å². The molecule has 0 saturated carbocycles. The van der Waals surface area contributed by atoms with Crippen LogP contribution in [0.25, 0.3) is 0 Å². The molecule has 2 saturated heterocycles. The van der Waals surface area contributed by atoms with Crippen LogP contribution in [0.1, 0.15) is 61.4 Å². The van der Waals surface area contributed by atoms with Gasteiger partial charge in [0.05, 0.1) is 6.61 Å². The van der Waals surface area contributed by atoms with Crippen LogP contribution in [0.3, 0.4) is 0 Å². The molecule has 2 fully saturated rings. The lowest BCUT2D eigenvalue weighted by Gasteiger charge is -2.38. The van der Waals surface area contributed by atoms with Gasteiger partial charge in [-0.1, -0.05) is 38.1 Å². The van der Waals surface area contributed by atoms with Crippen LogP contribution < -0.4 is 4.74 Å². The van der Waals surface area contributed by atoms with Crippen LogP contribution in [0.15, 0.2) is 24.3 Å². The van der Waals surface area contributed by atoms with Crippen molar-refractivity contribution in [1.29, 1.82) is 0 Å². The highest BCUT2D eigenvalue weighted by atomic mass is 19.1. The Balaban J connectivity index is 1.33. The van der Waals surface area contributed by atoms with Crippen molar-refractivity contribution < 1.29 is 34.0 Å². The van der Waals surface area contributed by atoms with E-state index in [1.807, 2.05) is 18.7 Å². The number of aliphatic hydroxyl groups excluding tert-OH is 3. The van der Waals surface area contributed by atoms with Gasteiger partial charge in [0.25, 0.3) is 0 Å². The number of nitrogens with one attached hydrogen (secondary N) is 1. The number of nitrogens with zero attached hydrogens (tertiary/aromatic N) is 3. The van der Waals surface area contributed by atoms with Gasteiger partial charge in [0.15, 0.2) is 6.17 Å². The van der Waals surface area contributed by atoms with Crippen molar-refractivity contribution in [3.8, 4) is 5.88 Å². The molecular formula is C29H43FN4O6. The zero-order valence-corrected chi connectivity index (χ0v) is 23.6. The summed E-state index contributed by atoms with van der Waals surface area (Å²) in [6.45, 7) is 6.88. The van der Waals surface area contributed by atoms with Gasteiger partial charge < -0.3 is 34.6 Å². The zero-order valence-electron chi connectivity index (χ0n) is 23.6. The van der Waals surface area contributed by atoms with Gasteiger partial charge in [-0.15, -0.1) is 5.10 Å². The second kappa shape index (κ2) is 13.9. The third-order valence-corrected chi connectivity index (χ3v) is 7.83. The predicted molar refractivity (Wildman–Crippen MR) is 147 cm³/mol. The van der Waals surface area contributed by atoms with Gasteiger partial charge in [-0.3, -0.25) is 9.89 Å². The summed E-state index contributed by atoms with van der Waals surface area (Å²) >= 11 is 0. The second-order valence-corrected chi connectivity index (χ2v) is 11.2. The number of unbranched alkanes of at least 4 members (excludes halogenated alkanes) is 1. The fraction of sp³-hybridized carbons (Fsp3) is 0.655. The van der Waals surface area contributed by atoms with Crippen molar-refractivity contribution in [3.05, 3.63) is 46.6 Å². The van der Waals surface area contributed by atoms with Crippen molar-refractivity contribution in [1.82, 2.24) is 20.0 Å². The summed E-state index contributed by atoms with van der Waals surface area (Å²) in [7, 11) is 2.08. The maximum atomic E-state index is 14.1. The van der Waals surface area contributed by atoms with E-state index in [4.69, 9.17) is 9.47 Å². The largest absolute Gasteiger partial charge is 0.443 e. The Morgan fingerprint density at radius 2 is 1.80 bits per heavy atom. The van der Waals surface area contributed by atoms with Gasteiger partial charge in [0.2, 0.25) is 18.1 Å². The number of aromatic amines is 1. The third kappa shape index (κ3) is 7.38. The number of likely N-dealkylation sites (N-methyl/N-ethyl adjacent to an activating group) is 1. The average Bonchev–Trinajstić information content (AvgIpc) is 3.34. The van der Waals surface area contributed by atoms with Crippen molar-refractivity contribution in [2.75, 3.05) is 39.8 Å². The first-order valence-electron chi connectivity index (χ1n) is 14.2. The Bertz CT molecular complexity index is 1090. The fourth-order valence-corrected chi connectivity index (χ4v) is 5.20. The number of piperazine rings is 1. The van der Waals surface area contributed by atoms with E-state index in [0.717, 1.165) is 62.3 Å². The molecule has 0 spiro atoms. The monoisotopic (exact) mass is 562 g/mol. The van der Waals surface area contributed by atoms with Gasteiger partial charge >= 0.3 is 0 Å². The molecule has 11 heteroatoms. The maximum absolute atomic E-state index is 14.1. The Labute approximate surface area is 235 Å². The zero-order chi connectivity index (χ0) is 28.8. The number of alkyl halides is 1. The lowest BCUT2D eigenvalue weighted by molar-refractivity contribution is -0.265. The summed E-state index contributed by atoms with van der Waals surface area (Å²) in [6.07, 6.45) is -4.22. The van der Waals surface area contributed by atoms with Crippen LogP contribution in [-0.4, -0.2) is 112 Å². The molecule has 0 radical (unpaired) electrons. The second-order valence-electron chi connectivity index (χ2n) is 11.2. The quantitative estimate of drug-likeness (QED) is 0.305. The van der Waals surface area contributed by atoms with E-state index in [0.29, 0.717) is 12.8 Å². The van der Waals surface area contributed by atoms with E-state index in [9.17, 15) is 24.5 Å². The van der Waals surface area contributed by atoms with Gasteiger partial charge in [-0.05, 0) is 43.4 Å². The molecule has 1 amide bonds. The molecule has 1 aromatic carbocycles. The van der Waals surface area contributed by atoms with Gasteiger partial charge in [0.1, 0.15) is 18.3 Å². The summed E-state index contributed by atoms with van der Waals surface area (Å²) in [5, 5.41) is 37.0. The van der Waals surface area contributed by atoms with Crippen LogP contribution in [0.4, 0.5) is 4.39 Å². The number of aliphatic hydroxyl groups is 3. The number of amides is 1. The number of carbonyl (C=O) groups is 1. The number of hydrogen-bond donors (Lipinski definition) is 4. The number of H-pyrrole nitrogens is 1. The molecule has 40 heavy (non-hydrogen) atoms. The van der Waals surface area contributed by atoms with Gasteiger partial charge in [-0.25, -0.2) is 4.39 Å². The maximum Gasteiger partial charge on any atom is 0.238 e. The minimum Gasteiger partial charge on any atom is -0.443 e. The highest BCUT2D eigenvalue weighted by Crippen LogP contribution is 2.31. The SMILES string of the molecule is CC(C)c1[nH]nc(OC2OC(CO)C(F)C(O)C2O)c1Cc1ccc(CCCCC(=O)N2CCN(C)CC2)cc1. The summed E-state index contributed by atoms with van der Waals surface area (Å²) in [6, 6.07) is 8.28. The first-order valence-corrected chi connectivity index (χ1v) is 14.2. The number of aryl methyl sites for hydroxylation is 1. The first kappa shape index (κ1) is 30.4. The molecular weight excluding hydrogens is 519 g/mol. The summed E-state index contributed by atoms with van der Waals surface area (Å²) in [5.74, 6) is 0.554. The fourth-order valence-electron chi connectivity index (χ4n) is 5.20. The number of ether oxygens (including phenoxy) is 2. The number of carbonyl (C=O) groups excluding carboxylic acids is 1. The molecule has 4 N–H and O–H groups in total. The Morgan fingerprint density at radius 3 is 2.45 bits per heavy atom. The third-order valence-electron chi connectivity index (χ3n) is 7.83. The molecule has 2 aliphatic rings. The van der Waals surface area contributed by atoms with Crippen molar-refractivity contribution >= 4 is 5.91 Å². The standard InChI is InChI=1S/C29H43FN4O6/c1-18(2)25-21(28(32-31-25)40-29-27(38)26(37)24(30)22(17-35)39-29)16-20-10-8-19(9-11-20)6-4-5-7-23(36)34-14-12-33(3)13-15-34/h8-11,18,22,24,26-27,29,35,37-38H,4-7,12-17H2,1-3H3,(H,31,32). The number of hydrogen-bond acceptors (Lipinski definition) is 8. The molecule has 2 aliphatic heterocycles. The lowest BCUT2D eigenvalue weighted by atomic mass is 9.98. The smallest absolute Gasteiger partial charge is 0.238 e. The number of halogens is 1. The van der Waals surface area contributed by atoms with Crippen LogP contribution >= 0.6 is 0 Å². The van der Waals surface area contributed by atoms with E-state index in [2.05, 4.69) is 46.4 Å². The summed E-state index contributed by atoms with van der Waals surface area (Å²) in [4.78, 5) is 16.7. The molecule has 10 nitrogen and oxygen atoms in total. The first-order chi connectivity index (χ1) is 19.2. The molecule has 0 aliphatic carbocycles. The van der Waals surface area contributed by atoms with Gasteiger partial charge in [0, 0.05) is 50.3 Å². The Kier molecular flexibility index (Phi) is 10.5. The highest BCUT2D eigenvalue weighted by Gasteiger charge is 2.46. The van der Waals surface area contributed by atoms with Crippen LogP contribution in [-0.2, 0) is 22.4 Å². The normalized spacial score (nSPS) is 25.9. The molecule has 5 atom stereocenters.